The maximum Gasteiger partial charge on any atom is 0.336 e. The molecule has 0 atom stereocenters. The van der Waals surface area contributed by atoms with Gasteiger partial charge in [-0.05, 0) is 18.2 Å². The van der Waals surface area contributed by atoms with Crippen LogP contribution >= 0.6 is 0 Å². The Morgan fingerprint density at radius 1 is 1.08 bits per heavy atom. The standard InChI is InChI=1S/C9H4F2O2/c10-6-3-1-5-2-4-7(12)13-9(5)8(6)11/h1-4H. The van der Waals surface area contributed by atoms with Crippen molar-refractivity contribution in [3.05, 3.63) is 46.3 Å². The molecule has 2 aromatic rings. The summed E-state index contributed by atoms with van der Waals surface area (Å²) in [4.78, 5) is 10.7. The number of benzene rings is 1. The minimum absolute atomic E-state index is 0.340. The normalized spacial score (nSPS) is 10.6. The molecule has 0 spiro atoms. The van der Waals surface area contributed by atoms with Gasteiger partial charge >= 0.3 is 5.63 Å². The van der Waals surface area contributed by atoms with Crippen molar-refractivity contribution in [3.8, 4) is 0 Å². The summed E-state index contributed by atoms with van der Waals surface area (Å²) in [5, 5.41) is 0.360. The van der Waals surface area contributed by atoms with Gasteiger partial charge in [0, 0.05) is 11.5 Å². The van der Waals surface area contributed by atoms with E-state index in [0.717, 1.165) is 12.1 Å². The van der Waals surface area contributed by atoms with Gasteiger partial charge in [-0.25, -0.2) is 9.18 Å². The molecule has 0 bridgehead atoms. The van der Waals surface area contributed by atoms with E-state index >= 15 is 0 Å². The molecule has 0 amide bonds. The van der Waals surface area contributed by atoms with Gasteiger partial charge < -0.3 is 4.42 Å². The Morgan fingerprint density at radius 2 is 1.77 bits per heavy atom. The van der Waals surface area contributed by atoms with Crippen molar-refractivity contribution < 1.29 is 13.2 Å². The van der Waals surface area contributed by atoms with Crippen LogP contribution in [0.3, 0.4) is 0 Å². The molecular formula is C9H4F2O2. The van der Waals surface area contributed by atoms with Crippen LogP contribution < -0.4 is 5.63 Å². The zero-order valence-electron chi connectivity index (χ0n) is 6.38. The topological polar surface area (TPSA) is 30.2 Å². The van der Waals surface area contributed by atoms with Crippen LogP contribution in [0.2, 0.25) is 0 Å². The lowest BCUT2D eigenvalue weighted by molar-refractivity contribution is 0.478. The lowest BCUT2D eigenvalue weighted by Gasteiger charge is -1.96. The number of rotatable bonds is 0. The first-order valence-electron chi connectivity index (χ1n) is 3.56. The van der Waals surface area contributed by atoms with Crippen LogP contribution in [0.4, 0.5) is 8.78 Å². The fraction of sp³-hybridized carbons (Fsp3) is 0. The minimum Gasteiger partial charge on any atom is -0.419 e. The van der Waals surface area contributed by atoms with Gasteiger partial charge in [-0.3, -0.25) is 0 Å². The van der Waals surface area contributed by atoms with Crippen LogP contribution in [0, 0.1) is 11.6 Å². The monoisotopic (exact) mass is 182 g/mol. The van der Waals surface area contributed by atoms with Crippen LogP contribution in [0.25, 0.3) is 11.0 Å². The molecule has 0 aliphatic rings. The number of fused-ring (bicyclic) bond motifs is 1. The zero-order chi connectivity index (χ0) is 9.42. The average molecular weight is 182 g/mol. The Kier molecular flexibility index (Phi) is 1.62. The van der Waals surface area contributed by atoms with Crippen molar-refractivity contribution in [1.82, 2.24) is 0 Å². The Balaban J connectivity index is 2.97. The van der Waals surface area contributed by atoms with Crippen LogP contribution in [-0.4, -0.2) is 0 Å². The molecule has 1 aromatic heterocycles. The summed E-state index contributed by atoms with van der Waals surface area (Å²) in [5.74, 6) is -2.16. The summed E-state index contributed by atoms with van der Waals surface area (Å²) in [7, 11) is 0. The van der Waals surface area contributed by atoms with Crippen molar-refractivity contribution >= 4 is 11.0 Å². The number of hydrogen-bond acceptors (Lipinski definition) is 2. The average Bonchev–Trinajstić information content (AvgIpc) is 2.12. The van der Waals surface area contributed by atoms with Crippen molar-refractivity contribution in [2.45, 2.75) is 0 Å². The maximum absolute atomic E-state index is 13.0. The molecule has 0 aliphatic heterocycles. The predicted octanol–water partition coefficient (Wildman–Crippen LogP) is 2.07. The molecule has 0 saturated carbocycles. The molecule has 0 radical (unpaired) electrons. The maximum atomic E-state index is 13.0. The summed E-state index contributed by atoms with van der Waals surface area (Å²) in [6, 6.07) is 4.86. The molecule has 0 N–H and O–H groups in total. The van der Waals surface area contributed by atoms with Crippen molar-refractivity contribution in [1.29, 1.82) is 0 Å². The molecule has 1 heterocycles. The van der Waals surface area contributed by atoms with Gasteiger partial charge in [-0.2, -0.15) is 4.39 Å². The summed E-state index contributed by atoms with van der Waals surface area (Å²) >= 11 is 0. The highest BCUT2D eigenvalue weighted by Gasteiger charge is 2.08. The quantitative estimate of drug-likeness (QED) is 0.584. The largest absolute Gasteiger partial charge is 0.419 e. The minimum atomic E-state index is -1.13. The van der Waals surface area contributed by atoms with E-state index in [2.05, 4.69) is 4.42 Å². The molecule has 0 unspecified atom stereocenters. The Labute approximate surface area is 71.4 Å². The molecule has 13 heavy (non-hydrogen) atoms. The van der Waals surface area contributed by atoms with E-state index in [1.54, 1.807) is 0 Å². The van der Waals surface area contributed by atoms with E-state index in [1.165, 1.54) is 12.1 Å². The van der Waals surface area contributed by atoms with E-state index in [9.17, 15) is 13.6 Å². The van der Waals surface area contributed by atoms with Crippen LogP contribution in [0.15, 0.2) is 33.5 Å². The summed E-state index contributed by atoms with van der Waals surface area (Å²) in [6.07, 6.45) is 0. The highest BCUT2D eigenvalue weighted by molar-refractivity contribution is 5.76. The third-order valence-electron chi connectivity index (χ3n) is 1.68. The van der Waals surface area contributed by atoms with Gasteiger partial charge in [0.25, 0.3) is 0 Å². The first-order chi connectivity index (χ1) is 6.18. The van der Waals surface area contributed by atoms with Gasteiger partial charge in [0.1, 0.15) is 0 Å². The lowest BCUT2D eigenvalue weighted by atomic mass is 10.2. The van der Waals surface area contributed by atoms with Gasteiger partial charge in [0.2, 0.25) is 5.82 Å². The SMILES string of the molecule is O=c1ccc2ccc(F)c(F)c2o1. The molecule has 2 rings (SSSR count). The Morgan fingerprint density at radius 3 is 2.54 bits per heavy atom. The molecule has 4 heteroatoms. The molecule has 1 aromatic carbocycles. The van der Waals surface area contributed by atoms with E-state index in [1.807, 2.05) is 0 Å². The van der Waals surface area contributed by atoms with Crippen LogP contribution in [-0.2, 0) is 0 Å². The third-order valence-corrected chi connectivity index (χ3v) is 1.68. The first-order valence-corrected chi connectivity index (χ1v) is 3.56. The summed E-state index contributed by atoms with van der Waals surface area (Å²) in [6.45, 7) is 0. The van der Waals surface area contributed by atoms with E-state index in [0.29, 0.717) is 5.39 Å². The number of hydrogen-bond donors (Lipinski definition) is 0. The van der Waals surface area contributed by atoms with Crippen molar-refractivity contribution in [3.63, 3.8) is 0 Å². The Bertz CT molecular complexity index is 516. The molecule has 66 valence electrons. The highest BCUT2D eigenvalue weighted by atomic mass is 19.2. The van der Waals surface area contributed by atoms with Crippen LogP contribution in [0.5, 0.6) is 0 Å². The highest BCUT2D eigenvalue weighted by Crippen LogP contribution is 2.17. The molecular weight excluding hydrogens is 178 g/mol. The van der Waals surface area contributed by atoms with Gasteiger partial charge in [0.05, 0.1) is 0 Å². The van der Waals surface area contributed by atoms with Crippen molar-refractivity contribution in [2.75, 3.05) is 0 Å². The van der Waals surface area contributed by atoms with Gasteiger partial charge in [-0.15, -0.1) is 0 Å². The predicted molar refractivity (Wildman–Crippen MR) is 42.4 cm³/mol. The second-order valence-electron chi connectivity index (χ2n) is 2.53. The van der Waals surface area contributed by atoms with E-state index in [-0.39, 0.29) is 5.58 Å². The lowest BCUT2D eigenvalue weighted by Crippen LogP contribution is -1.96. The van der Waals surface area contributed by atoms with Crippen LogP contribution in [0.1, 0.15) is 0 Å². The molecule has 0 fully saturated rings. The molecule has 2 nitrogen and oxygen atoms in total. The summed E-state index contributed by atoms with van der Waals surface area (Å²) in [5.41, 5.74) is -1.04. The Hall–Kier alpha value is -1.71. The first kappa shape index (κ1) is 7.91. The third kappa shape index (κ3) is 1.20. The molecule has 0 aliphatic carbocycles. The second-order valence-corrected chi connectivity index (χ2v) is 2.53. The van der Waals surface area contributed by atoms with E-state index in [4.69, 9.17) is 0 Å². The fourth-order valence-corrected chi connectivity index (χ4v) is 1.07. The fourth-order valence-electron chi connectivity index (χ4n) is 1.07. The number of halogens is 2. The smallest absolute Gasteiger partial charge is 0.336 e. The summed E-state index contributed by atoms with van der Waals surface area (Å²) < 4.78 is 30.1. The second kappa shape index (κ2) is 2.65. The molecule has 0 saturated heterocycles. The van der Waals surface area contributed by atoms with Gasteiger partial charge in [-0.1, -0.05) is 0 Å². The van der Waals surface area contributed by atoms with Crippen molar-refractivity contribution in [2.24, 2.45) is 0 Å². The zero-order valence-corrected chi connectivity index (χ0v) is 6.38. The van der Waals surface area contributed by atoms with E-state index < -0.39 is 17.3 Å². The van der Waals surface area contributed by atoms with Gasteiger partial charge in [0.15, 0.2) is 11.4 Å².